The van der Waals surface area contributed by atoms with Gasteiger partial charge in [-0.25, -0.2) is 0 Å². The van der Waals surface area contributed by atoms with Crippen LogP contribution in [0.2, 0.25) is 0 Å². The average molecular weight is 278 g/mol. The zero-order valence-electron chi connectivity index (χ0n) is 12.3. The van der Waals surface area contributed by atoms with Crippen molar-refractivity contribution in [1.82, 2.24) is 4.90 Å². The number of benzene rings is 2. The Balaban J connectivity index is 1.94. The van der Waals surface area contributed by atoms with Crippen molar-refractivity contribution >= 4 is 6.34 Å². The SMILES string of the molecule is N=CN1CCCC(C(c2ccccc2)c2ccccc2)C1. The van der Waals surface area contributed by atoms with Gasteiger partial charge in [-0.3, -0.25) is 5.41 Å². The third kappa shape index (κ3) is 3.15. The zero-order valence-corrected chi connectivity index (χ0v) is 12.3. The van der Waals surface area contributed by atoms with Gasteiger partial charge in [-0.15, -0.1) is 0 Å². The summed E-state index contributed by atoms with van der Waals surface area (Å²) < 4.78 is 0. The quantitative estimate of drug-likeness (QED) is 0.660. The van der Waals surface area contributed by atoms with E-state index in [9.17, 15) is 0 Å². The van der Waals surface area contributed by atoms with Crippen molar-refractivity contribution in [3.05, 3.63) is 71.8 Å². The van der Waals surface area contributed by atoms with Gasteiger partial charge in [0.05, 0.1) is 6.34 Å². The van der Waals surface area contributed by atoms with Crippen LogP contribution in [0, 0.1) is 11.3 Å². The Kier molecular flexibility index (Phi) is 4.34. The van der Waals surface area contributed by atoms with Gasteiger partial charge < -0.3 is 4.90 Å². The number of hydrogen-bond acceptors (Lipinski definition) is 1. The monoisotopic (exact) mass is 278 g/mol. The minimum absolute atomic E-state index is 0.426. The van der Waals surface area contributed by atoms with E-state index in [2.05, 4.69) is 65.6 Å². The summed E-state index contributed by atoms with van der Waals surface area (Å²) in [5.74, 6) is 1.00. The van der Waals surface area contributed by atoms with Crippen molar-refractivity contribution < 1.29 is 0 Å². The molecule has 1 saturated heterocycles. The van der Waals surface area contributed by atoms with Crippen LogP contribution in [0.25, 0.3) is 0 Å². The molecule has 1 unspecified atom stereocenters. The molecule has 0 spiro atoms. The summed E-state index contributed by atoms with van der Waals surface area (Å²) in [6.45, 7) is 2.01. The van der Waals surface area contributed by atoms with Gasteiger partial charge in [0.15, 0.2) is 0 Å². The van der Waals surface area contributed by atoms with Crippen molar-refractivity contribution in [3.8, 4) is 0 Å². The molecule has 2 aromatic carbocycles. The fourth-order valence-corrected chi connectivity index (χ4v) is 3.49. The molecule has 0 amide bonds. The summed E-state index contributed by atoms with van der Waals surface area (Å²) in [4.78, 5) is 2.15. The van der Waals surface area contributed by atoms with E-state index in [1.807, 2.05) is 0 Å². The predicted octanol–water partition coefficient (Wildman–Crippen LogP) is 4.14. The highest BCUT2D eigenvalue weighted by Crippen LogP contribution is 2.36. The summed E-state index contributed by atoms with van der Waals surface area (Å²) in [5, 5.41) is 7.54. The largest absolute Gasteiger partial charge is 0.363 e. The Morgan fingerprint density at radius 2 is 1.52 bits per heavy atom. The lowest BCUT2D eigenvalue weighted by Gasteiger charge is -2.36. The molecule has 108 valence electrons. The van der Waals surface area contributed by atoms with Crippen molar-refractivity contribution in [2.24, 2.45) is 5.92 Å². The van der Waals surface area contributed by atoms with Gasteiger partial charge in [0.25, 0.3) is 0 Å². The minimum atomic E-state index is 0.426. The average Bonchev–Trinajstić information content (AvgIpc) is 2.57. The van der Waals surface area contributed by atoms with E-state index in [0.29, 0.717) is 11.8 Å². The number of nitrogens with one attached hydrogen (secondary N) is 1. The molecule has 1 heterocycles. The first-order chi connectivity index (χ1) is 10.4. The lowest BCUT2D eigenvalue weighted by Crippen LogP contribution is -2.37. The highest BCUT2D eigenvalue weighted by molar-refractivity contribution is 5.51. The third-order valence-corrected chi connectivity index (χ3v) is 4.46. The van der Waals surface area contributed by atoms with Crippen LogP contribution in [0.4, 0.5) is 0 Å². The molecular formula is C19H22N2. The van der Waals surface area contributed by atoms with E-state index in [1.54, 1.807) is 0 Å². The molecule has 21 heavy (non-hydrogen) atoms. The second-order valence-corrected chi connectivity index (χ2v) is 5.83. The molecule has 2 aromatic rings. The van der Waals surface area contributed by atoms with Crippen LogP contribution in [-0.4, -0.2) is 24.3 Å². The molecule has 3 rings (SSSR count). The molecule has 0 bridgehead atoms. The number of likely N-dealkylation sites (tertiary alicyclic amines) is 1. The van der Waals surface area contributed by atoms with E-state index in [4.69, 9.17) is 5.41 Å². The van der Waals surface area contributed by atoms with E-state index < -0.39 is 0 Å². The summed E-state index contributed by atoms with van der Waals surface area (Å²) in [6, 6.07) is 21.6. The van der Waals surface area contributed by atoms with E-state index in [0.717, 1.165) is 13.1 Å². The molecule has 1 atom stereocenters. The fraction of sp³-hybridized carbons (Fsp3) is 0.316. The number of nitrogens with zero attached hydrogens (tertiary/aromatic N) is 1. The highest BCUT2D eigenvalue weighted by Gasteiger charge is 2.28. The molecule has 1 fully saturated rings. The topological polar surface area (TPSA) is 27.1 Å². The first-order valence-corrected chi connectivity index (χ1v) is 7.73. The Morgan fingerprint density at radius 3 is 2.05 bits per heavy atom. The lowest BCUT2D eigenvalue weighted by atomic mass is 9.77. The number of rotatable bonds is 4. The normalized spacial score (nSPS) is 18.7. The Morgan fingerprint density at radius 1 is 0.952 bits per heavy atom. The van der Waals surface area contributed by atoms with Crippen LogP contribution >= 0.6 is 0 Å². The third-order valence-electron chi connectivity index (χ3n) is 4.46. The van der Waals surface area contributed by atoms with Crippen LogP contribution in [0.3, 0.4) is 0 Å². The smallest absolute Gasteiger partial charge is 0.0817 e. The standard InChI is InChI=1S/C19H22N2/c20-15-21-13-7-12-18(14-21)19(16-8-3-1-4-9-16)17-10-5-2-6-11-17/h1-6,8-11,15,18-20H,7,12-14H2. The van der Waals surface area contributed by atoms with Crippen LogP contribution in [0.15, 0.2) is 60.7 Å². The summed E-state index contributed by atoms with van der Waals surface area (Å²) in [6.07, 6.45) is 3.91. The maximum Gasteiger partial charge on any atom is 0.0817 e. The minimum Gasteiger partial charge on any atom is -0.363 e. The molecule has 1 aliphatic heterocycles. The van der Waals surface area contributed by atoms with E-state index in [1.165, 1.54) is 30.3 Å². The Bertz CT molecular complexity index is 525. The zero-order chi connectivity index (χ0) is 14.5. The maximum atomic E-state index is 7.54. The Hall–Kier alpha value is -2.09. The van der Waals surface area contributed by atoms with Crippen LogP contribution in [0.5, 0.6) is 0 Å². The molecule has 2 nitrogen and oxygen atoms in total. The van der Waals surface area contributed by atoms with Crippen LogP contribution in [-0.2, 0) is 0 Å². The summed E-state index contributed by atoms with van der Waals surface area (Å²) in [7, 11) is 0. The Labute approximate surface area is 126 Å². The van der Waals surface area contributed by atoms with Crippen molar-refractivity contribution in [2.75, 3.05) is 13.1 Å². The lowest BCUT2D eigenvalue weighted by molar-refractivity contribution is 0.245. The second-order valence-electron chi connectivity index (χ2n) is 5.83. The van der Waals surface area contributed by atoms with Crippen LogP contribution in [0.1, 0.15) is 29.9 Å². The highest BCUT2D eigenvalue weighted by atomic mass is 15.1. The molecular weight excluding hydrogens is 256 g/mol. The first-order valence-electron chi connectivity index (χ1n) is 7.73. The second kappa shape index (κ2) is 6.57. The van der Waals surface area contributed by atoms with Gasteiger partial charge >= 0.3 is 0 Å². The summed E-state index contributed by atoms with van der Waals surface area (Å²) >= 11 is 0. The molecule has 0 saturated carbocycles. The maximum absolute atomic E-state index is 7.54. The van der Waals surface area contributed by atoms with Crippen molar-refractivity contribution in [2.45, 2.75) is 18.8 Å². The molecule has 1 N–H and O–H groups in total. The van der Waals surface area contributed by atoms with Gasteiger partial charge in [0.1, 0.15) is 0 Å². The van der Waals surface area contributed by atoms with Gasteiger partial charge in [0.2, 0.25) is 0 Å². The molecule has 0 radical (unpaired) electrons. The number of piperidine rings is 1. The molecule has 1 aliphatic rings. The first kappa shape index (κ1) is 13.9. The number of hydrogen-bond donors (Lipinski definition) is 1. The van der Waals surface area contributed by atoms with Gasteiger partial charge in [-0.2, -0.15) is 0 Å². The molecule has 0 aliphatic carbocycles. The van der Waals surface area contributed by atoms with Gasteiger partial charge in [0, 0.05) is 19.0 Å². The fourth-order valence-electron chi connectivity index (χ4n) is 3.49. The van der Waals surface area contributed by atoms with Gasteiger partial charge in [-0.1, -0.05) is 60.7 Å². The van der Waals surface area contributed by atoms with Crippen molar-refractivity contribution in [3.63, 3.8) is 0 Å². The van der Waals surface area contributed by atoms with E-state index in [-0.39, 0.29) is 0 Å². The molecule has 0 aromatic heterocycles. The summed E-state index contributed by atoms with van der Waals surface area (Å²) in [5.41, 5.74) is 2.78. The van der Waals surface area contributed by atoms with Gasteiger partial charge in [-0.05, 0) is 29.9 Å². The van der Waals surface area contributed by atoms with Crippen LogP contribution < -0.4 is 0 Å². The van der Waals surface area contributed by atoms with E-state index >= 15 is 0 Å². The van der Waals surface area contributed by atoms with Crippen molar-refractivity contribution in [1.29, 1.82) is 5.41 Å². The molecule has 2 heteroatoms. The predicted molar refractivity (Wildman–Crippen MR) is 87.8 cm³/mol.